The molecule has 8 nitrogen and oxygen atoms in total. The molecule has 0 radical (unpaired) electrons. The topological polar surface area (TPSA) is 110 Å². The van der Waals surface area contributed by atoms with Crippen molar-refractivity contribution >= 4 is 27.3 Å². The van der Waals surface area contributed by atoms with Crippen molar-refractivity contribution in [3.63, 3.8) is 0 Å². The lowest BCUT2D eigenvalue weighted by atomic mass is 10.1. The lowest BCUT2D eigenvalue weighted by Crippen LogP contribution is -2.23. The molecular formula is C26H24N4O4S. The quantitative estimate of drug-likeness (QED) is 0.375. The van der Waals surface area contributed by atoms with Gasteiger partial charge in [-0.2, -0.15) is 5.10 Å². The molecule has 4 rings (SSSR count). The van der Waals surface area contributed by atoms with Gasteiger partial charge >= 0.3 is 0 Å². The van der Waals surface area contributed by atoms with Gasteiger partial charge in [-0.3, -0.25) is 14.3 Å². The standard InChI is InChI=1S/C26H24N4O4S/c31-25(18-30-14-6-13-28-30)29-23-10-5-7-20(16-23)17-27-26(32)22-9-4-8-21(15-22)19-35(33,34)24-11-2-1-3-12-24/h1-16H,17-19H2,(H,27,32)(H,29,31). The fraction of sp³-hybridized carbons (Fsp3) is 0.115. The Kier molecular flexibility index (Phi) is 7.37. The SMILES string of the molecule is O=C(Cn1cccn1)Nc1cccc(CNC(=O)c2cccc(CS(=O)(=O)c3ccccc3)c2)c1. The average molecular weight is 489 g/mol. The van der Waals surface area contributed by atoms with Crippen LogP contribution in [-0.2, 0) is 33.5 Å². The van der Waals surface area contributed by atoms with Gasteiger partial charge in [0.2, 0.25) is 5.91 Å². The van der Waals surface area contributed by atoms with E-state index in [2.05, 4.69) is 15.7 Å². The number of rotatable bonds is 9. The lowest BCUT2D eigenvalue weighted by Gasteiger charge is -2.10. The Bertz CT molecular complexity index is 1420. The van der Waals surface area contributed by atoms with Crippen LogP contribution in [0.15, 0.2) is 102 Å². The molecular weight excluding hydrogens is 464 g/mol. The zero-order valence-electron chi connectivity index (χ0n) is 18.8. The van der Waals surface area contributed by atoms with E-state index in [-0.39, 0.29) is 35.6 Å². The smallest absolute Gasteiger partial charge is 0.251 e. The molecule has 0 aliphatic carbocycles. The summed E-state index contributed by atoms with van der Waals surface area (Å²) >= 11 is 0. The van der Waals surface area contributed by atoms with Crippen LogP contribution in [0.4, 0.5) is 5.69 Å². The zero-order valence-corrected chi connectivity index (χ0v) is 19.6. The molecule has 0 spiro atoms. The number of carbonyl (C=O) groups is 2. The van der Waals surface area contributed by atoms with Crippen LogP contribution < -0.4 is 10.6 Å². The molecule has 1 aromatic heterocycles. The number of anilines is 1. The summed E-state index contributed by atoms with van der Waals surface area (Å²) in [5.74, 6) is -0.729. The Hall–Kier alpha value is -4.24. The molecule has 0 unspecified atom stereocenters. The first-order valence-electron chi connectivity index (χ1n) is 10.9. The minimum Gasteiger partial charge on any atom is -0.348 e. The van der Waals surface area contributed by atoms with Crippen LogP contribution in [0.25, 0.3) is 0 Å². The van der Waals surface area contributed by atoms with Gasteiger partial charge < -0.3 is 10.6 Å². The van der Waals surface area contributed by atoms with E-state index in [9.17, 15) is 18.0 Å². The van der Waals surface area contributed by atoms with E-state index >= 15 is 0 Å². The zero-order chi connectivity index (χ0) is 24.7. The molecule has 178 valence electrons. The Labute approximate surface area is 203 Å². The Morgan fingerprint density at radius 1 is 0.857 bits per heavy atom. The van der Waals surface area contributed by atoms with Crippen molar-refractivity contribution in [2.24, 2.45) is 0 Å². The number of sulfone groups is 1. The largest absolute Gasteiger partial charge is 0.348 e. The number of amides is 2. The summed E-state index contributed by atoms with van der Waals surface area (Å²) in [5, 5.41) is 9.66. The monoisotopic (exact) mass is 488 g/mol. The van der Waals surface area contributed by atoms with E-state index < -0.39 is 9.84 Å². The van der Waals surface area contributed by atoms with Crippen molar-refractivity contribution in [2.75, 3.05) is 5.32 Å². The molecule has 4 aromatic rings. The molecule has 0 saturated heterocycles. The van der Waals surface area contributed by atoms with Crippen molar-refractivity contribution in [2.45, 2.75) is 23.7 Å². The fourth-order valence-corrected chi connectivity index (χ4v) is 4.87. The third kappa shape index (κ3) is 6.64. The van der Waals surface area contributed by atoms with Gasteiger partial charge in [0.1, 0.15) is 6.54 Å². The summed E-state index contributed by atoms with van der Waals surface area (Å²) in [6, 6.07) is 23.7. The highest BCUT2D eigenvalue weighted by molar-refractivity contribution is 7.90. The molecule has 0 bridgehead atoms. The second-order valence-electron chi connectivity index (χ2n) is 7.91. The van der Waals surface area contributed by atoms with E-state index in [1.54, 1.807) is 91.3 Å². The molecule has 0 atom stereocenters. The second-order valence-corrected chi connectivity index (χ2v) is 9.90. The van der Waals surface area contributed by atoms with Crippen LogP contribution in [0.3, 0.4) is 0 Å². The van der Waals surface area contributed by atoms with Gasteiger partial charge in [0.25, 0.3) is 5.91 Å². The van der Waals surface area contributed by atoms with Crippen LogP contribution in [-0.4, -0.2) is 30.0 Å². The molecule has 35 heavy (non-hydrogen) atoms. The number of hydrogen-bond donors (Lipinski definition) is 2. The number of aromatic nitrogens is 2. The summed E-state index contributed by atoms with van der Waals surface area (Å²) in [5.41, 5.74) is 2.32. The number of hydrogen-bond acceptors (Lipinski definition) is 5. The predicted octanol–water partition coefficient (Wildman–Crippen LogP) is 3.43. The van der Waals surface area contributed by atoms with Gasteiger partial charge in [0, 0.05) is 30.2 Å². The van der Waals surface area contributed by atoms with Crippen molar-refractivity contribution in [3.05, 3.63) is 114 Å². The third-order valence-corrected chi connectivity index (χ3v) is 6.88. The summed E-state index contributed by atoms with van der Waals surface area (Å²) in [4.78, 5) is 25.1. The minimum atomic E-state index is -3.51. The first-order valence-corrected chi connectivity index (χ1v) is 12.6. The summed E-state index contributed by atoms with van der Waals surface area (Å²) in [6.07, 6.45) is 3.31. The lowest BCUT2D eigenvalue weighted by molar-refractivity contribution is -0.116. The van der Waals surface area contributed by atoms with Crippen LogP contribution >= 0.6 is 0 Å². The van der Waals surface area contributed by atoms with Crippen LogP contribution in [0.1, 0.15) is 21.5 Å². The Morgan fingerprint density at radius 3 is 2.40 bits per heavy atom. The number of benzene rings is 3. The highest BCUT2D eigenvalue weighted by Gasteiger charge is 2.16. The van der Waals surface area contributed by atoms with Gasteiger partial charge in [0.15, 0.2) is 9.84 Å². The van der Waals surface area contributed by atoms with Crippen molar-refractivity contribution < 1.29 is 18.0 Å². The summed E-state index contributed by atoms with van der Waals surface area (Å²) < 4.78 is 26.8. The predicted molar refractivity (Wildman–Crippen MR) is 132 cm³/mol. The molecule has 0 fully saturated rings. The van der Waals surface area contributed by atoms with Gasteiger partial charge in [-0.1, -0.05) is 42.5 Å². The maximum atomic E-state index is 12.7. The first-order chi connectivity index (χ1) is 16.9. The molecule has 0 aliphatic rings. The highest BCUT2D eigenvalue weighted by atomic mass is 32.2. The Morgan fingerprint density at radius 2 is 1.63 bits per heavy atom. The van der Waals surface area contributed by atoms with E-state index in [4.69, 9.17) is 0 Å². The van der Waals surface area contributed by atoms with E-state index in [0.29, 0.717) is 16.8 Å². The molecule has 1 heterocycles. The molecule has 2 N–H and O–H groups in total. The van der Waals surface area contributed by atoms with Crippen molar-refractivity contribution in [1.82, 2.24) is 15.1 Å². The molecule has 9 heteroatoms. The van der Waals surface area contributed by atoms with Crippen molar-refractivity contribution in [1.29, 1.82) is 0 Å². The van der Waals surface area contributed by atoms with Gasteiger partial charge in [0.05, 0.1) is 10.6 Å². The number of nitrogens with one attached hydrogen (secondary N) is 2. The normalized spacial score (nSPS) is 11.1. The van der Waals surface area contributed by atoms with E-state index in [1.807, 2.05) is 6.07 Å². The molecule has 3 aromatic carbocycles. The van der Waals surface area contributed by atoms with E-state index in [0.717, 1.165) is 5.56 Å². The van der Waals surface area contributed by atoms with Gasteiger partial charge in [-0.25, -0.2) is 8.42 Å². The van der Waals surface area contributed by atoms with E-state index in [1.165, 1.54) is 4.68 Å². The summed E-state index contributed by atoms with van der Waals surface area (Å²) in [7, 11) is -3.51. The van der Waals surface area contributed by atoms with Crippen molar-refractivity contribution in [3.8, 4) is 0 Å². The maximum Gasteiger partial charge on any atom is 0.251 e. The summed E-state index contributed by atoms with van der Waals surface area (Å²) in [6.45, 7) is 0.346. The maximum absolute atomic E-state index is 12.7. The van der Waals surface area contributed by atoms with Crippen LogP contribution in [0, 0.1) is 0 Å². The second kappa shape index (κ2) is 10.8. The van der Waals surface area contributed by atoms with Gasteiger partial charge in [-0.15, -0.1) is 0 Å². The molecule has 0 aliphatic heterocycles. The van der Waals surface area contributed by atoms with Crippen LogP contribution in [0.2, 0.25) is 0 Å². The number of nitrogens with zero attached hydrogens (tertiary/aromatic N) is 2. The minimum absolute atomic E-state index is 0.101. The number of carbonyl (C=O) groups excluding carboxylic acids is 2. The first kappa shape index (κ1) is 23.9. The average Bonchev–Trinajstić information content (AvgIpc) is 3.36. The van der Waals surface area contributed by atoms with Crippen LogP contribution in [0.5, 0.6) is 0 Å². The van der Waals surface area contributed by atoms with Gasteiger partial charge in [-0.05, 0) is 53.6 Å². The fourth-order valence-electron chi connectivity index (χ4n) is 3.52. The Balaban J connectivity index is 1.36. The third-order valence-electron chi connectivity index (χ3n) is 5.18. The highest BCUT2D eigenvalue weighted by Crippen LogP contribution is 2.17. The molecule has 2 amide bonds. The molecule has 0 saturated carbocycles.